The molecular weight excluding hydrogens is 981 g/mol. The van der Waals surface area contributed by atoms with Gasteiger partial charge in [-0.15, -0.1) is 4.52 Å². The lowest BCUT2D eigenvalue weighted by Gasteiger charge is -2.45. The Bertz CT molecular complexity index is 3030. The highest BCUT2D eigenvalue weighted by Gasteiger charge is 2.59. The van der Waals surface area contributed by atoms with Crippen LogP contribution in [0.25, 0.3) is 0 Å². The van der Waals surface area contributed by atoms with Crippen LogP contribution in [0.15, 0.2) is 199 Å². The molecule has 368 valence electrons. The molecule has 0 N–H and O–H groups in total. The summed E-state index contributed by atoms with van der Waals surface area (Å²) in [5, 5.41) is 0. The molecule has 1 aliphatic heterocycles. The van der Waals surface area contributed by atoms with E-state index in [0.717, 1.165) is 44.5 Å². The van der Waals surface area contributed by atoms with Crippen LogP contribution in [-0.4, -0.2) is 13.8 Å². The van der Waals surface area contributed by atoms with Crippen LogP contribution in [0.5, 0.6) is 46.0 Å². The topological polar surface area (TPSA) is 95.9 Å². The molecule has 0 aliphatic carbocycles. The van der Waals surface area contributed by atoms with Gasteiger partial charge in [0.1, 0.15) is 46.0 Å². The van der Waals surface area contributed by atoms with Gasteiger partial charge in [0, 0.05) is 13.8 Å². The van der Waals surface area contributed by atoms with Crippen molar-refractivity contribution in [1.82, 2.24) is 13.8 Å². The van der Waals surface area contributed by atoms with Gasteiger partial charge in [0.25, 0.3) is 0 Å². The average molecular weight is 1040 g/mol. The summed E-state index contributed by atoms with van der Waals surface area (Å²) < 4.78 is 47.5. The van der Waals surface area contributed by atoms with Crippen LogP contribution < -0.4 is 37.1 Å². The highest BCUT2D eigenvalue weighted by Crippen LogP contribution is 2.78. The summed E-state index contributed by atoms with van der Waals surface area (Å²) >= 11 is 0. The molecule has 0 saturated carbocycles. The summed E-state index contributed by atoms with van der Waals surface area (Å²) in [6, 6.07) is 61.9. The standard InChI is InChI=1S/C56H56N4O8P4/c1-41-9-25-49(26-10-41)61-58-69(64-52-31-15-44(4)16-32-52)57-72(67-55-37-21-47(7)22-38-55,68-56-39-23-48(8)24-40-56)60(63-51-29-13-43(3)14-30-51)71(66-54-35-19-46(6)20-36-54)59(62-50-27-11-42(2)12-28-50)70(58)65-53-33-17-45(5)18-34-53/h9-40H,1-8H3. The van der Waals surface area contributed by atoms with E-state index in [4.69, 9.17) is 41.6 Å². The van der Waals surface area contributed by atoms with Gasteiger partial charge in [0.15, 0.2) is 0 Å². The predicted octanol–water partition coefficient (Wildman–Crippen LogP) is 17.4. The molecule has 0 saturated heterocycles. The number of aryl methyl sites for hydroxylation is 8. The van der Waals surface area contributed by atoms with E-state index in [1.165, 1.54) is 0 Å². The van der Waals surface area contributed by atoms with E-state index >= 15 is 0 Å². The van der Waals surface area contributed by atoms with E-state index in [9.17, 15) is 0 Å². The monoisotopic (exact) mass is 1040 g/mol. The molecule has 0 amide bonds. The minimum atomic E-state index is -4.29. The maximum Gasteiger partial charge on any atom is 0.447 e. The first-order chi connectivity index (χ1) is 34.8. The number of hydrogen-bond donors (Lipinski definition) is 0. The summed E-state index contributed by atoms with van der Waals surface area (Å²) in [4.78, 5) is 21.8. The van der Waals surface area contributed by atoms with Gasteiger partial charge < -0.3 is 37.1 Å². The zero-order chi connectivity index (χ0) is 50.2. The summed E-state index contributed by atoms with van der Waals surface area (Å²) in [5.74, 6) is 3.76. The molecule has 0 fully saturated rings. The van der Waals surface area contributed by atoms with Crippen LogP contribution in [0.3, 0.4) is 0 Å². The molecule has 0 aromatic heterocycles. The summed E-state index contributed by atoms with van der Waals surface area (Å²) in [5.41, 5.74) is 8.30. The van der Waals surface area contributed by atoms with E-state index < -0.39 is 33.0 Å². The van der Waals surface area contributed by atoms with Crippen molar-refractivity contribution in [3.8, 4) is 46.0 Å². The molecule has 0 spiro atoms. The Hall–Kier alpha value is -6.44. The van der Waals surface area contributed by atoms with Crippen LogP contribution >= 0.6 is 33.0 Å². The largest absolute Gasteiger partial charge is 0.447 e. The van der Waals surface area contributed by atoms with Gasteiger partial charge in [-0.25, -0.2) is 0 Å². The van der Waals surface area contributed by atoms with Crippen LogP contribution in [0, 0.1) is 55.4 Å². The quantitative estimate of drug-likeness (QED) is 0.0866. The Labute approximate surface area is 426 Å². The van der Waals surface area contributed by atoms with Gasteiger partial charge in [-0.1, -0.05) is 142 Å². The van der Waals surface area contributed by atoms with Gasteiger partial charge in [0.2, 0.25) is 0 Å². The molecule has 8 aromatic carbocycles. The van der Waals surface area contributed by atoms with Gasteiger partial charge in [-0.3, -0.25) is 0 Å². The average Bonchev–Trinajstić information content (AvgIpc) is 3.37. The lowest BCUT2D eigenvalue weighted by molar-refractivity contribution is 0.0377. The highest BCUT2D eigenvalue weighted by molar-refractivity contribution is 7.78. The van der Waals surface area contributed by atoms with Crippen molar-refractivity contribution < 1.29 is 37.1 Å². The molecule has 1 heterocycles. The fourth-order valence-corrected chi connectivity index (χ4v) is 16.5. The van der Waals surface area contributed by atoms with Gasteiger partial charge in [-0.05, 0) is 152 Å². The Morgan fingerprint density at radius 1 is 0.292 bits per heavy atom. The first-order valence-corrected chi connectivity index (χ1v) is 28.3. The molecule has 0 bridgehead atoms. The SMILES string of the molecule is Cc1ccc(ON2P(Oc3ccc(C)cc3)N=P(Oc3ccc(C)cc3)(Oc3ccc(C)cc3)N(Oc3ccc(C)cc3)P(Oc3ccc(C)cc3)N(Oc3ccc(C)cc3)P2Oc2ccc(C)cc2)cc1. The molecule has 1 aliphatic rings. The summed E-state index contributed by atoms with van der Waals surface area (Å²) in [6.07, 6.45) is 0. The fourth-order valence-electron chi connectivity index (χ4n) is 6.70. The first kappa shape index (κ1) is 50.5. The third-order valence-electron chi connectivity index (χ3n) is 10.9. The maximum absolute atomic E-state index is 7.44. The van der Waals surface area contributed by atoms with Crippen molar-refractivity contribution in [3.05, 3.63) is 239 Å². The Balaban J connectivity index is 1.41. The van der Waals surface area contributed by atoms with Gasteiger partial charge >= 0.3 is 33.0 Å². The third kappa shape index (κ3) is 13.0. The molecule has 16 heteroatoms. The van der Waals surface area contributed by atoms with Crippen molar-refractivity contribution in [1.29, 1.82) is 0 Å². The van der Waals surface area contributed by atoms with Crippen LogP contribution in [0.2, 0.25) is 0 Å². The second-order valence-electron chi connectivity index (χ2n) is 17.3. The molecule has 0 radical (unpaired) electrons. The minimum Gasteiger partial charge on any atom is -0.440 e. The van der Waals surface area contributed by atoms with E-state index in [1.54, 1.807) is 13.8 Å². The zero-order valence-corrected chi connectivity index (χ0v) is 44.9. The smallest absolute Gasteiger partial charge is 0.440 e. The van der Waals surface area contributed by atoms with Crippen molar-refractivity contribution in [2.24, 2.45) is 4.52 Å². The van der Waals surface area contributed by atoms with Crippen LogP contribution in [0.1, 0.15) is 44.5 Å². The second-order valence-corrected chi connectivity index (χ2v) is 24.6. The van der Waals surface area contributed by atoms with Crippen LogP contribution in [0.4, 0.5) is 0 Å². The Kier molecular flexibility index (Phi) is 16.1. The maximum atomic E-state index is 7.44. The summed E-state index contributed by atoms with van der Waals surface area (Å²) in [6.45, 7) is 16.2. The first-order valence-electron chi connectivity index (χ1n) is 23.3. The highest BCUT2D eigenvalue weighted by atomic mass is 31.3. The van der Waals surface area contributed by atoms with E-state index in [-0.39, 0.29) is 0 Å². The number of hydrogen-bond acceptors (Lipinski definition) is 12. The Morgan fingerprint density at radius 3 is 0.903 bits per heavy atom. The Morgan fingerprint density at radius 2 is 0.556 bits per heavy atom. The molecule has 12 nitrogen and oxygen atoms in total. The fraction of sp³-hybridized carbons (Fsp3) is 0.143. The predicted molar refractivity (Wildman–Crippen MR) is 290 cm³/mol. The van der Waals surface area contributed by atoms with E-state index in [1.807, 2.05) is 250 Å². The lowest BCUT2D eigenvalue weighted by Crippen LogP contribution is -2.39. The van der Waals surface area contributed by atoms with E-state index in [2.05, 4.69) is 0 Å². The lowest BCUT2D eigenvalue weighted by atomic mass is 10.2. The second kappa shape index (κ2) is 23.0. The van der Waals surface area contributed by atoms with Crippen molar-refractivity contribution in [3.63, 3.8) is 0 Å². The zero-order valence-electron chi connectivity index (χ0n) is 41.3. The third-order valence-corrected chi connectivity index (χ3v) is 19.8. The van der Waals surface area contributed by atoms with Gasteiger partial charge in [-0.2, -0.15) is 0 Å². The van der Waals surface area contributed by atoms with Gasteiger partial charge in [0.05, 0.1) is 0 Å². The number of rotatable bonds is 16. The summed E-state index contributed by atoms with van der Waals surface area (Å²) in [7, 11) is -11.7. The van der Waals surface area contributed by atoms with Crippen molar-refractivity contribution in [2.45, 2.75) is 55.4 Å². The van der Waals surface area contributed by atoms with Crippen molar-refractivity contribution in [2.75, 3.05) is 0 Å². The van der Waals surface area contributed by atoms with Crippen molar-refractivity contribution >= 4 is 33.0 Å². The molecule has 8 aromatic rings. The van der Waals surface area contributed by atoms with Crippen LogP contribution in [-0.2, 0) is 0 Å². The molecule has 3 atom stereocenters. The molecule has 72 heavy (non-hydrogen) atoms. The number of nitrogens with zero attached hydrogens (tertiary/aromatic N) is 4. The molecular formula is C56H56N4O8P4. The molecule has 9 rings (SSSR count). The number of benzene rings is 8. The minimum absolute atomic E-state index is 0.439. The normalized spacial score (nSPS) is 17.1. The molecule has 3 unspecified atom stereocenters. The van der Waals surface area contributed by atoms with E-state index in [0.29, 0.717) is 46.0 Å².